The maximum Gasteiger partial charge on any atom is 0.271 e. The minimum atomic E-state index is -0.509. The van der Waals surface area contributed by atoms with Gasteiger partial charge < -0.3 is 21.3 Å². The smallest absolute Gasteiger partial charge is 0.271 e. The van der Waals surface area contributed by atoms with Gasteiger partial charge in [-0.1, -0.05) is 24.3 Å². The molecule has 0 atom stereocenters. The van der Waals surface area contributed by atoms with Crippen molar-refractivity contribution in [2.75, 3.05) is 21.3 Å². The number of carbonyl (C=O) groups is 4. The van der Waals surface area contributed by atoms with Crippen molar-refractivity contribution in [1.29, 1.82) is 0 Å². The molecule has 20 nitrogen and oxygen atoms in total. The van der Waals surface area contributed by atoms with Gasteiger partial charge in [0.05, 0.1) is 19.7 Å². The van der Waals surface area contributed by atoms with Gasteiger partial charge in [-0.3, -0.25) is 59.6 Å². The summed E-state index contributed by atoms with van der Waals surface area (Å²) >= 11 is 0. The molecular weight excluding hydrogens is 688 g/mol. The molecule has 0 aromatic heterocycles. The summed E-state index contributed by atoms with van der Waals surface area (Å²) in [6, 6.07) is 23.1. The summed E-state index contributed by atoms with van der Waals surface area (Å²) in [7, 11) is 0. The number of hydrogen-bond donors (Lipinski definition) is 4. The summed E-state index contributed by atoms with van der Waals surface area (Å²) < 4.78 is 0. The number of non-ortho nitro benzene ring substituents is 4. The zero-order valence-corrected chi connectivity index (χ0v) is 27.9. The van der Waals surface area contributed by atoms with E-state index in [9.17, 15) is 59.6 Å². The predicted octanol–water partition coefficient (Wildman–Crippen LogP) is 6.21. The molecule has 0 saturated carbocycles. The Kier molecular flexibility index (Phi) is 17.4. The number of nitro benzene ring substituents is 4. The summed E-state index contributed by atoms with van der Waals surface area (Å²) in [5, 5.41) is 51.2. The molecule has 0 spiro atoms. The summed E-state index contributed by atoms with van der Waals surface area (Å²) in [5.74, 6) is -0.998. The van der Waals surface area contributed by atoms with Crippen LogP contribution in [0.3, 0.4) is 0 Å². The number of nitrogens with one attached hydrogen (secondary N) is 4. The fraction of sp³-hybridized carbons (Fsp3) is 0.125. The maximum atomic E-state index is 10.6. The minimum absolute atomic E-state index is 0.0359. The Balaban J connectivity index is 0.000000347. The van der Waals surface area contributed by atoms with Gasteiger partial charge in [0.1, 0.15) is 0 Å². The Morgan fingerprint density at radius 1 is 0.385 bits per heavy atom. The number of benzene rings is 4. The van der Waals surface area contributed by atoms with E-state index < -0.39 is 19.7 Å². The molecular formula is C32H32N8O12. The molecule has 52 heavy (non-hydrogen) atoms. The second-order valence-corrected chi connectivity index (χ2v) is 9.95. The number of rotatable bonds is 8. The van der Waals surface area contributed by atoms with Crippen LogP contribution in [0.5, 0.6) is 0 Å². The van der Waals surface area contributed by atoms with E-state index in [0.717, 1.165) is 0 Å². The number of amides is 4. The average Bonchev–Trinajstić information content (AvgIpc) is 3.05. The molecule has 20 heteroatoms. The Hall–Kier alpha value is -7.64. The molecule has 0 saturated heterocycles. The molecule has 4 aromatic rings. The van der Waals surface area contributed by atoms with Gasteiger partial charge in [0.25, 0.3) is 22.7 Å². The monoisotopic (exact) mass is 720 g/mol. The Morgan fingerprint density at radius 3 is 0.692 bits per heavy atom. The van der Waals surface area contributed by atoms with Gasteiger partial charge in [-0.15, -0.1) is 0 Å². The summed E-state index contributed by atoms with van der Waals surface area (Å²) in [6.45, 7) is 5.38. The molecule has 4 aromatic carbocycles. The molecule has 4 N–H and O–H groups in total. The number of hydrogen-bond acceptors (Lipinski definition) is 12. The molecule has 0 aliphatic heterocycles. The second-order valence-electron chi connectivity index (χ2n) is 9.95. The molecule has 0 heterocycles. The van der Waals surface area contributed by atoms with E-state index in [4.69, 9.17) is 0 Å². The fourth-order valence-corrected chi connectivity index (χ4v) is 3.60. The van der Waals surface area contributed by atoms with Crippen LogP contribution in [0.15, 0.2) is 97.1 Å². The average molecular weight is 721 g/mol. The Bertz CT molecular complexity index is 1670. The SMILES string of the molecule is CC(=O)Nc1cccc([N+](=O)[O-])c1.CC(=O)Nc1cccc([N+](=O)[O-])c1.CC(=O)Nc1cccc([N+](=O)[O-])c1.CC(=O)Nc1cccc([N+](=O)[O-])c1. The van der Waals surface area contributed by atoms with E-state index in [-0.39, 0.29) is 46.4 Å². The van der Waals surface area contributed by atoms with Crippen LogP contribution in [-0.4, -0.2) is 43.3 Å². The van der Waals surface area contributed by atoms with Crippen molar-refractivity contribution < 1.29 is 38.9 Å². The maximum absolute atomic E-state index is 10.6. The molecule has 0 radical (unpaired) electrons. The van der Waals surface area contributed by atoms with E-state index >= 15 is 0 Å². The van der Waals surface area contributed by atoms with Crippen molar-refractivity contribution in [3.63, 3.8) is 0 Å². The van der Waals surface area contributed by atoms with Crippen molar-refractivity contribution in [1.82, 2.24) is 0 Å². The van der Waals surface area contributed by atoms with Gasteiger partial charge >= 0.3 is 0 Å². The fourth-order valence-electron chi connectivity index (χ4n) is 3.60. The summed E-state index contributed by atoms with van der Waals surface area (Å²) in [4.78, 5) is 81.7. The lowest BCUT2D eigenvalue weighted by Crippen LogP contribution is -2.05. The zero-order valence-electron chi connectivity index (χ0n) is 27.9. The molecule has 0 aliphatic carbocycles. The van der Waals surface area contributed by atoms with Crippen LogP contribution in [0.25, 0.3) is 0 Å². The second kappa shape index (κ2) is 21.4. The third-order valence-corrected chi connectivity index (χ3v) is 5.51. The van der Waals surface area contributed by atoms with Crippen molar-refractivity contribution in [3.8, 4) is 0 Å². The first-order valence-electron chi connectivity index (χ1n) is 14.5. The van der Waals surface area contributed by atoms with E-state index in [0.29, 0.717) is 22.7 Å². The quantitative estimate of drug-likeness (QED) is 0.117. The van der Waals surface area contributed by atoms with Crippen molar-refractivity contribution in [2.24, 2.45) is 0 Å². The van der Waals surface area contributed by atoms with Gasteiger partial charge in [0, 0.05) is 99.0 Å². The largest absolute Gasteiger partial charge is 0.326 e. The highest BCUT2D eigenvalue weighted by Crippen LogP contribution is 2.19. The lowest BCUT2D eigenvalue weighted by atomic mass is 10.3. The van der Waals surface area contributed by atoms with Crippen LogP contribution in [0.4, 0.5) is 45.5 Å². The van der Waals surface area contributed by atoms with Gasteiger partial charge in [0.2, 0.25) is 23.6 Å². The standard InChI is InChI=1S/4C8H8N2O3/c4*1-6(11)9-7-3-2-4-8(5-7)10(12)13/h4*2-5H,1H3,(H,9,11). The first-order chi connectivity index (χ1) is 24.4. The first-order valence-corrected chi connectivity index (χ1v) is 14.5. The summed E-state index contributed by atoms with van der Waals surface area (Å²) in [6.07, 6.45) is 0. The molecule has 0 aliphatic rings. The van der Waals surface area contributed by atoms with Crippen LogP contribution >= 0.6 is 0 Å². The van der Waals surface area contributed by atoms with E-state index in [1.807, 2.05) is 0 Å². The molecule has 4 amide bonds. The normalized spacial score (nSPS) is 9.31. The van der Waals surface area contributed by atoms with E-state index in [2.05, 4.69) is 21.3 Å². The zero-order chi connectivity index (χ0) is 39.4. The third kappa shape index (κ3) is 17.5. The highest BCUT2D eigenvalue weighted by Gasteiger charge is 2.08. The molecule has 0 fully saturated rings. The first kappa shape index (κ1) is 42.4. The van der Waals surface area contributed by atoms with Crippen LogP contribution in [-0.2, 0) is 19.2 Å². The van der Waals surface area contributed by atoms with E-state index in [1.54, 1.807) is 24.3 Å². The Morgan fingerprint density at radius 2 is 0.558 bits per heavy atom. The van der Waals surface area contributed by atoms with Gasteiger partial charge in [-0.05, 0) is 24.3 Å². The number of anilines is 4. The van der Waals surface area contributed by atoms with Crippen molar-refractivity contribution in [3.05, 3.63) is 138 Å². The lowest BCUT2D eigenvalue weighted by molar-refractivity contribution is -0.385. The van der Waals surface area contributed by atoms with Crippen molar-refractivity contribution in [2.45, 2.75) is 27.7 Å². The van der Waals surface area contributed by atoms with Gasteiger partial charge in [-0.25, -0.2) is 0 Å². The van der Waals surface area contributed by atoms with Gasteiger partial charge in [0.15, 0.2) is 0 Å². The Labute approximate surface area is 294 Å². The van der Waals surface area contributed by atoms with Gasteiger partial charge in [-0.2, -0.15) is 0 Å². The number of nitro groups is 4. The van der Waals surface area contributed by atoms with Crippen LogP contribution < -0.4 is 21.3 Å². The molecule has 4 rings (SSSR count). The highest BCUT2D eigenvalue weighted by molar-refractivity contribution is 5.90. The minimum Gasteiger partial charge on any atom is -0.326 e. The number of carbonyl (C=O) groups excluding carboxylic acids is 4. The van der Waals surface area contributed by atoms with Crippen LogP contribution in [0.2, 0.25) is 0 Å². The molecule has 272 valence electrons. The van der Waals surface area contributed by atoms with Crippen LogP contribution in [0, 0.1) is 40.5 Å². The van der Waals surface area contributed by atoms with Crippen LogP contribution in [0.1, 0.15) is 27.7 Å². The number of nitrogens with zero attached hydrogens (tertiary/aromatic N) is 4. The lowest BCUT2D eigenvalue weighted by Gasteiger charge is -1.99. The van der Waals surface area contributed by atoms with Crippen molar-refractivity contribution >= 4 is 69.1 Å². The van der Waals surface area contributed by atoms with E-state index in [1.165, 1.54) is 100 Å². The topological polar surface area (TPSA) is 289 Å². The molecule has 0 unspecified atom stereocenters. The predicted molar refractivity (Wildman–Crippen MR) is 190 cm³/mol. The molecule has 0 bridgehead atoms. The third-order valence-electron chi connectivity index (χ3n) is 5.51. The summed E-state index contributed by atoms with van der Waals surface area (Å²) in [5.41, 5.74) is 1.59. The highest BCUT2D eigenvalue weighted by atomic mass is 16.6.